The standard InChI is InChI=1S/C22H19ClN4O3S/c1-13-9-14(2)27(12-18(28)24-11-17-7-4-8-31-17)22(29)19(13)21-25-20(26-30-21)15-5-3-6-16(23)10-15/h3-10H,11-12H2,1-2H3,(H,24,28). The zero-order chi connectivity index (χ0) is 22.0. The molecule has 0 aliphatic heterocycles. The molecule has 0 aliphatic carbocycles. The van der Waals surface area contributed by atoms with Crippen molar-refractivity contribution in [1.29, 1.82) is 0 Å². The largest absolute Gasteiger partial charge is 0.350 e. The molecule has 31 heavy (non-hydrogen) atoms. The van der Waals surface area contributed by atoms with Gasteiger partial charge in [0.25, 0.3) is 11.4 Å². The van der Waals surface area contributed by atoms with E-state index in [9.17, 15) is 9.59 Å². The molecule has 0 saturated heterocycles. The number of aryl methyl sites for hydroxylation is 2. The number of halogens is 1. The highest BCUT2D eigenvalue weighted by Crippen LogP contribution is 2.24. The number of hydrogen-bond acceptors (Lipinski definition) is 6. The molecule has 0 fully saturated rings. The van der Waals surface area contributed by atoms with E-state index in [2.05, 4.69) is 15.5 Å². The molecular weight excluding hydrogens is 436 g/mol. The number of rotatable bonds is 6. The van der Waals surface area contributed by atoms with Gasteiger partial charge in [-0.05, 0) is 49.1 Å². The minimum atomic E-state index is -0.356. The first kappa shape index (κ1) is 21.0. The molecule has 0 saturated carbocycles. The summed E-state index contributed by atoms with van der Waals surface area (Å²) in [5, 5.41) is 9.32. The summed E-state index contributed by atoms with van der Waals surface area (Å²) < 4.78 is 6.80. The second-order valence-electron chi connectivity index (χ2n) is 7.02. The van der Waals surface area contributed by atoms with Crippen molar-refractivity contribution >= 4 is 28.8 Å². The van der Waals surface area contributed by atoms with Gasteiger partial charge in [0.05, 0.1) is 6.54 Å². The minimum Gasteiger partial charge on any atom is -0.350 e. The van der Waals surface area contributed by atoms with Gasteiger partial charge in [-0.1, -0.05) is 35.0 Å². The summed E-state index contributed by atoms with van der Waals surface area (Å²) in [5.41, 5.74) is 1.97. The normalized spacial score (nSPS) is 10.9. The van der Waals surface area contributed by atoms with E-state index in [0.717, 1.165) is 4.88 Å². The molecule has 4 rings (SSSR count). The van der Waals surface area contributed by atoms with E-state index >= 15 is 0 Å². The number of thiophene rings is 1. The van der Waals surface area contributed by atoms with Crippen LogP contribution in [0.1, 0.15) is 16.1 Å². The van der Waals surface area contributed by atoms with Gasteiger partial charge in [-0.2, -0.15) is 4.98 Å². The summed E-state index contributed by atoms with van der Waals surface area (Å²) >= 11 is 7.60. The maximum atomic E-state index is 13.2. The third-order valence-electron chi connectivity index (χ3n) is 4.77. The fourth-order valence-electron chi connectivity index (χ4n) is 3.25. The van der Waals surface area contributed by atoms with E-state index in [1.807, 2.05) is 23.6 Å². The molecule has 4 aromatic rings. The monoisotopic (exact) mass is 454 g/mol. The van der Waals surface area contributed by atoms with Crippen LogP contribution >= 0.6 is 22.9 Å². The van der Waals surface area contributed by atoms with Gasteiger partial charge in [-0.25, -0.2) is 0 Å². The van der Waals surface area contributed by atoms with Gasteiger partial charge in [-0.3, -0.25) is 9.59 Å². The molecule has 158 valence electrons. The SMILES string of the molecule is Cc1cc(C)n(CC(=O)NCc2cccs2)c(=O)c1-c1nc(-c2cccc(Cl)c2)no1. The van der Waals surface area contributed by atoms with E-state index in [1.165, 1.54) is 4.57 Å². The molecule has 0 spiro atoms. The highest BCUT2D eigenvalue weighted by atomic mass is 35.5. The van der Waals surface area contributed by atoms with Crippen LogP contribution in [-0.4, -0.2) is 20.6 Å². The quantitative estimate of drug-likeness (QED) is 0.471. The lowest BCUT2D eigenvalue weighted by Gasteiger charge is -2.13. The summed E-state index contributed by atoms with van der Waals surface area (Å²) in [7, 11) is 0. The first-order valence-electron chi connectivity index (χ1n) is 9.52. The zero-order valence-electron chi connectivity index (χ0n) is 16.9. The highest BCUT2D eigenvalue weighted by Gasteiger charge is 2.20. The van der Waals surface area contributed by atoms with Crippen LogP contribution in [0.4, 0.5) is 0 Å². The lowest BCUT2D eigenvalue weighted by atomic mass is 10.1. The van der Waals surface area contributed by atoms with Crippen LogP contribution in [0.5, 0.6) is 0 Å². The lowest BCUT2D eigenvalue weighted by Crippen LogP contribution is -2.34. The summed E-state index contributed by atoms with van der Waals surface area (Å²) in [4.78, 5) is 31.1. The average Bonchev–Trinajstić information content (AvgIpc) is 3.42. The molecule has 0 bridgehead atoms. The van der Waals surface area contributed by atoms with Crippen LogP contribution in [0.3, 0.4) is 0 Å². The summed E-state index contributed by atoms with van der Waals surface area (Å²) in [6.07, 6.45) is 0. The summed E-state index contributed by atoms with van der Waals surface area (Å²) in [5.74, 6) is 0.181. The van der Waals surface area contributed by atoms with Crippen molar-refractivity contribution < 1.29 is 9.32 Å². The van der Waals surface area contributed by atoms with Crippen LogP contribution in [0.2, 0.25) is 5.02 Å². The Morgan fingerprint density at radius 1 is 1.23 bits per heavy atom. The zero-order valence-corrected chi connectivity index (χ0v) is 18.5. The number of carbonyl (C=O) groups is 1. The summed E-state index contributed by atoms with van der Waals surface area (Å²) in [6.45, 7) is 3.92. The Labute approximate surface area is 187 Å². The van der Waals surface area contributed by atoms with Crippen molar-refractivity contribution in [3.05, 3.63) is 79.4 Å². The first-order chi connectivity index (χ1) is 14.9. The van der Waals surface area contributed by atoms with Crippen LogP contribution in [0, 0.1) is 13.8 Å². The molecule has 9 heteroatoms. The fraction of sp³-hybridized carbons (Fsp3) is 0.182. The Kier molecular flexibility index (Phi) is 6.01. The molecule has 1 amide bonds. The molecule has 0 unspecified atom stereocenters. The third kappa shape index (κ3) is 4.60. The van der Waals surface area contributed by atoms with Gasteiger partial charge in [-0.15, -0.1) is 11.3 Å². The molecule has 0 radical (unpaired) electrons. The Balaban J connectivity index is 1.62. The van der Waals surface area contributed by atoms with Crippen LogP contribution in [0.15, 0.2) is 57.2 Å². The van der Waals surface area contributed by atoms with Crippen molar-refractivity contribution in [2.24, 2.45) is 0 Å². The number of pyridine rings is 1. The van der Waals surface area contributed by atoms with Gasteiger partial charge >= 0.3 is 0 Å². The van der Waals surface area contributed by atoms with Gasteiger partial charge in [0.15, 0.2) is 0 Å². The molecule has 0 atom stereocenters. The number of nitrogens with one attached hydrogen (secondary N) is 1. The van der Waals surface area contributed by atoms with E-state index in [4.69, 9.17) is 16.1 Å². The van der Waals surface area contributed by atoms with Crippen molar-refractivity contribution in [1.82, 2.24) is 20.0 Å². The number of amides is 1. The Bertz CT molecular complexity index is 1290. The number of nitrogens with zero attached hydrogens (tertiary/aromatic N) is 3. The van der Waals surface area contributed by atoms with Crippen molar-refractivity contribution in [2.45, 2.75) is 26.9 Å². The molecule has 0 aliphatic rings. The molecule has 7 nitrogen and oxygen atoms in total. The Hall–Kier alpha value is -3.23. The Morgan fingerprint density at radius 2 is 2.06 bits per heavy atom. The lowest BCUT2D eigenvalue weighted by molar-refractivity contribution is -0.121. The van der Waals surface area contributed by atoms with Crippen molar-refractivity contribution in [3.8, 4) is 22.8 Å². The maximum Gasteiger partial charge on any atom is 0.264 e. The molecule has 1 aromatic carbocycles. The molecular formula is C22H19ClN4O3S. The van der Waals surface area contributed by atoms with E-state index in [0.29, 0.717) is 34.2 Å². The topological polar surface area (TPSA) is 90.0 Å². The van der Waals surface area contributed by atoms with Gasteiger partial charge in [0.1, 0.15) is 12.1 Å². The fourth-order valence-corrected chi connectivity index (χ4v) is 4.09. The highest BCUT2D eigenvalue weighted by molar-refractivity contribution is 7.09. The summed E-state index contributed by atoms with van der Waals surface area (Å²) in [6, 6.07) is 12.7. The van der Waals surface area contributed by atoms with Crippen LogP contribution < -0.4 is 10.9 Å². The van der Waals surface area contributed by atoms with Gasteiger partial charge < -0.3 is 14.4 Å². The predicted molar refractivity (Wildman–Crippen MR) is 120 cm³/mol. The second-order valence-corrected chi connectivity index (χ2v) is 8.49. The van der Waals surface area contributed by atoms with Crippen LogP contribution in [-0.2, 0) is 17.9 Å². The molecule has 3 aromatic heterocycles. The number of benzene rings is 1. The smallest absolute Gasteiger partial charge is 0.264 e. The van der Waals surface area contributed by atoms with Gasteiger partial charge in [0.2, 0.25) is 11.7 Å². The maximum absolute atomic E-state index is 13.2. The second kappa shape index (κ2) is 8.87. The molecule has 3 heterocycles. The average molecular weight is 455 g/mol. The number of aromatic nitrogens is 3. The molecule has 1 N–H and O–H groups in total. The number of carbonyl (C=O) groups excluding carboxylic acids is 1. The first-order valence-corrected chi connectivity index (χ1v) is 10.8. The predicted octanol–water partition coefficient (Wildman–Crippen LogP) is 4.21. The third-order valence-corrected chi connectivity index (χ3v) is 5.88. The minimum absolute atomic E-state index is 0.0986. The van der Waals surface area contributed by atoms with E-state index in [-0.39, 0.29) is 29.5 Å². The van der Waals surface area contributed by atoms with E-state index < -0.39 is 0 Å². The van der Waals surface area contributed by atoms with Crippen molar-refractivity contribution in [3.63, 3.8) is 0 Å². The van der Waals surface area contributed by atoms with Crippen molar-refractivity contribution in [2.75, 3.05) is 0 Å². The van der Waals surface area contributed by atoms with E-state index in [1.54, 1.807) is 49.4 Å². The van der Waals surface area contributed by atoms with Gasteiger partial charge in [0, 0.05) is 21.2 Å². The Morgan fingerprint density at radius 3 is 2.81 bits per heavy atom. The van der Waals surface area contributed by atoms with Crippen LogP contribution in [0.25, 0.3) is 22.8 Å². The number of hydrogen-bond donors (Lipinski definition) is 1.